The van der Waals surface area contributed by atoms with Crippen LogP contribution in [0, 0.1) is 11.7 Å². The van der Waals surface area contributed by atoms with Gasteiger partial charge in [0.05, 0.1) is 0 Å². The van der Waals surface area contributed by atoms with Gasteiger partial charge in [0, 0.05) is 35.3 Å². The molecule has 25 heavy (non-hydrogen) atoms. The highest BCUT2D eigenvalue weighted by atomic mass is 35.5. The number of nitrogens with one attached hydrogen (secondary N) is 1. The maximum absolute atomic E-state index is 12.9. The Balaban J connectivity index is 1.55. The van der Waals surface area contributed by atoms with Crippen molar-refractivity contribution in [2.24, 2.45) is 5.92 Å². The smallest absolute Gasteiger partial charge is 0.253 e. The summed E-state index contributed by atoms with van der Waals surface area (Å²) in [5.41, 5.74) is 1.13. The third-order valence-corrected chi connectivity index (χ3v) is 4.57. The van der Waals surface area contributed by atoms with Crippen LogP contribution in [0.1, 0.15) is 23.2 Å². The zero-order valence-corrected chi connectivity index (χ0v) is 14.3. The van der Waals surface area contributed by atoms with E-state index in [4.69, 9.17) is 11.6 Å². The predicted molar refractivity (Wildman–Crippen MR) is 95.1 cm³/mol. The van der Waals surface area contributed by atoms with Crippen LogP contribution in [0.4, 0.5) is 10.1 Å². The standard InChI is InChI=1S/C19H18ClFN2O2/c20-15-3-1-2-14(12-15)19(25)23-10-8-13(9-11-23)18(24)22-17-6-4-16(21)5-7-17/h1-7,12-13H,8-11H2,(H,22,24). The number of carbonyl (C=O) groups excluding carboxylic acids is 2. The monoisotopic (exact) mass is 360 g/mol. The van der Waals surface area contributed by atoms with E-state index < -0.39 is 0 Å². The molecule has 0 atom stereocenters. The minimum atomic E-state index is -0.342. The number of halogens is 2. The molecule has 0 spiro atoms. The van der Waals surface area contributed by atoms with Gasteiger partial charge in [-0.3, -0.25) is 9.59 Å². The van der Waals surface area contributed by atoms with Gasteiger partial charge >= 0.3 is 0 Å². The molecule has 1 saturated heterocycles. The van der Waals surface area contributed by atoms with Crippen LogP contribution < -0.4 is 5.32 Å². The van der Waals surface area contributed by atoms with E-state index in [0.29, 0.717) is 42.2 Å². The predicted octanol–water partition coefficient (Wildman–Crippen LogP) is 3.97. The van der Waals surface area contributed by atoms with Gasteiger partial charge in [-0.2, -0.15) is 0 Å². The third kappa shape index (κ3) is 4.37. The molecule has 1 aliphatic heterocycles. The molecule has 0 aromatic heterocycles. The quantitative estimate of drug-likeness (QED) is 0.900. The number of nitrogens with zero attached hydrogens (tertiary/aromatic N) is 1. The van der Waals surface area contributed by atoms with E-state index >= 15 is 0 Å². The van der Waals surface area contributed by atoms with E-state index in [2.05, 4.69) is 5.32 Å². The molecule has 2 aromatic rings. The molecule has 1 heterocycles. The highest BCUT2D eigenvalue weighted by molar-refractivity contribution is 6.30. The van der Waals surface area contributed by atoms with Gasteiger partial charge in [0.1, 0.15) is 5.82 Å². The van der Waals surface area contributed by atoms with Gasteiger partial charge in [-0.15, -0.1) is 0 Å². The molecule has 2 amide bonds. The van der Waals surface area contributed by atoms with E-state index in [1.54, 1.807) is 29.2 Å². The third-order valence-electron chi connectivity index (χ3n) is 4.34. The topological polar surface area (TPSA) is 49.4 Å². The van der Waals surface area contributed by atoms with Crippen LogP contribution in [0.15, 0.2) is 48.5 Å². The average Bonchev–Trinajstić information content (AvgIpc) is 2.63. The maximum atomic E-state index is 12.9. The lowest BCUT2D eigenvalue weighted by atomic mass is 9.95. The Bertz CT molecular complexity index is 771. The van der Waals surface area contributed by atoms with Gasteiger partial charge in [0.15, 0.2) is 0 Å². The van der Waals surface area contributed by atoms with Crippen molar-refractivity contribution < 1.29 is 14.0 Å². The Morgan fingerprint density at radius 1 is 1.08 bits per heavy atom. The van der Waals surface area contributed by atoms with Crippen molar-refractivity contribution in [1.82, 2.24) is 4.90 Å². The minimum Gasteiger partial charge on any atom is -0.339 e. The number of benzene rings is 2. The first kappa shape index (κ1) is 17.4. The Labute approximate surface area is 150 Å². The maximum Gasteiger partial charge on any atom is 0.253 e. The number of carbonyl (C=O) groups is 2. The van der Waals surface area contributed by atoms with Crippen LogP contribution in [0.25, 0.3) is 0 Å². The van der Waals surface area contributed by atoms with Gasteiger partial charge in [-0.05, 0) is 55.3 Å². The SMILES string of the molecule is O=C(Nc1ccc(F)cc1)C1CCN(C(=O)c2cccc(Cl)c2)CC1. The summed E-state index contributed by atoms with van der Waals surface area (Å²) in [6, 6.07) is 12.5. The molecule has 1 N–H and O–H groups in total. The number of hydrogen-bond acceptors (Lipinski definition) is 2. The fourth-order valence-electron chi connectivity index (χ4n) is 2.93. The summed E-state index contributed by atoms with van der Waals surface area (Å²) in [5, 5.41) is 3.32. The van der Waals surface area contributed by atoms with Crippen molar-refractivity contribution in [2.75, 3.05) is 18.4 Å². The molecule has 6 heteroatoms. The second-order valence-electron chi connectivity index (χ2n) is 6.07. The number of hydrogen-bond donors (Lipinski definition) is 1. The van der Waals surface area contributed by atoms with Gasteiger partial charge < -0.3 is 10.2 Å². The molecule has 0 bridgehead atoms. The number of piperidine rings is 1. The molecule has 4 nitrogen and oxygen atoms in total. The molecule has 0 saturated carbocycles. The number of rotatable bonds is 3. The van der Waals surface area contributed by atoms with Crippen LogP contribution in [0.5, 0.6) is 0 Å². The number of anilines is 1. The summed E-state index contributed by atoms with van der Waals surface area (Å²) >= 11 is 5.93. The van der Waals surface area contributed by atoms with Crippen molar-refractivity contribution in [3.05, 3.63) is 64.9 Å². The van der Waals surface area contributed by atoms with Crippen LogP contribution in [-0.4, -0.2) is 29.8 Å². The molecule has 2 aromatic carbocycles. The van der Waals surface area contributed by atoms with Crippen LogP contribution >= 0.6 is 11.6 Å². The first-order valence-electron chi connectivity index (χ1n) is 8.14. The Morgan fingerprint density at radius 2 is 1.76 bits per heavy atom. The fraction of sp³-hybridized carbons (Fsp3) is 0.263. The second-order valence-corrected chi connectivity index (χ2v) is 6.51. The normalized spacial score (nSPS) is 15.0. The summed E-state index contributed by atoms with van der Waals surface area (Å²) in [6.45, 7) is 1.04. The first-order chi connectivity index (χ1) is 12.0. The lowest BCUT2D eigenvalue weighted by molar-refractivity contribution is -0.121. The van der Waals surface area contributed by atoms with E-state index in [1.165, 1.54) is 24.3 Å². The molecule has 3 rings (SSSR count). The molecule has 1 aliphatic rings. The lowest BCUT2D eigenvalue weighted by Crippen LogP contribution is -2.41. The summed E-state index contributed by atoms with van der Waals surface area (Å²) in [5.74, 6) is -0.666. The fourth-order valence-corrected chi connectivity index (χ4v) is 3.12. The Hall–Kier alpha value is -2.40. The average molecular weight is 361 g/mol. The zero-order chi connectivity index (χ0) is 17.8. The molecule has 0 unspecified atom stereocenters. The van der Waals surface area contributed by atoms with Crippen LogP contribution in [0.2, 0.25) is 5.02 Å². The van der Waals surface area contributed by atoms with Crippen LogP contribution in [0.3, 0.4) is 0 Å². The van der Waals surface area contributed by atoms with Crippen LogP contribution in [-0.2, 0) is 4.79 Å². The molecule has 0 radical (unpaired) electrons. The van der Waals surface area contributed by atoms with Crippen molar-refractivity contribution >= 4 is 29.1 Å². The molecule has 1 fully saturated rings. The Morgan fingerprint density at radius 3 is 2.40 bits per heavy atom. The summed E-state index contributed by atoms with van der Waals surface area (Å²) in [4.78, 5) is 26.5. The Kier molecular flexibility index (Phi) is 5.34. The van der Waals surface area contributed by atoms with Gasteiger partial charge in [-0.1, -0.05) is 17.7 Å². The van der Waals surface area contributed by atoms with Gasteiger partial charge in [0.2, 0.25) is 5.91 Å². The molecule has 0 aliphatic carbocycles. The van der Waals surface area contributed by atoms with Crippen molar-refractivity contribution in [3.63, 3.8) is 0 Å². The highest BCUT2D eigenvalue weighted by Gasteiger charge is 2.27. The van der Waals surface area contributed by atoms with E-state index in [-0.39, 0.29) is 23.5 Å². The molecular weight excluding hydrogens is 343 g/mol. The lowest BCUT2D eigenvalue weighted by Gasteiger charge is -2.31. The van der Waals surface area contributed by atoms with Crippen molar-refractivity contribution in [1.29, 1.82) is 0 Å². The van der Waals surface area contributed by atoms with E-state index in [9.17, 15) is 14.0 Å². The molecular formula is C19H18ClFN2O2. The van der Waals surface area contributed by atoms with Gasteiger partial charge in [0.25, 0.3) is 5.91 Å². The number of likely N-dealkylation sites (tertiary alicyclic amines) is 1. The van der Waals surface area contributed by atoms with E-state index in [0.717, 1.165) is 0 Å². The van der Waals surface area contributed by atoms with Crippen molar-refractivity contribution in [2.45, 2.75) is 12.8 Å². The number of amides is 2. The minimum absolute atomic E-state index is 0.0695. The molecule has 130 valence electrons. The second kappa shape index (κ2) is 7.66. The largest absolute Gasteiger partial charge is 0.339 e. The summed E-state index contributed by atoms with van der Waals surface area (Å²) in [7, 11) is 0. The first-order valence-corrected chi connectivity index (χ1v) is 8.52. The van der Waals surface area contributed by atoms with E-state index in [1.807, 2.05) is 0 Å². The summed E-state index contributed by atoms with van der Waals surface area (Å²) < 4.78 is 12.9. The van der Waals surface area contributed by atoms with Crippen molar-refractivity contribution in [3.8, 4) is 0 Å². The summed E-state index contributed by atoms with van der Waals surface area (Å²) in [6.07, 6.45) is 1.19. The highest BCUT2D eigenvalue weighted by Crippen LogP contribution is 2.22. The van der Waals surface area contributed by atoms with Gasteiger partial charge in [-0.25, -0.2) is 4.39 Å². The zero-order valence-electron chi connectivity index (χ0n) is 13.5.